The Balaban J connectivity index is 1.68. The normalized spacial score (nSPS) is 17.8. The number of piperazine rings is 1. The number of aromatic nitrogens is 2. The summed E-state index contributed by atoms with van der Waals surface area (Å²) in [6, 6.07) is 12.0. The molecule has 0 aliphatic carbocycles. The highest BCUT2D eigenvalue weighted by Gasteiger charge is 2.26. The van der Waals surface area contributed by atoms with E-state index in [4.69, 9.17) is 22.1 Å². The molecule has 1 aliphatic heterocycles. The third-order valence-corrected chi connectivity index (χ3v) is 4.57. The number of halogens is 1. The Morgan fingerprint density at radius 3 is 2.60 bits per heavy atom. The van der Waals surface area contributed by atoms with Gasteiger partial charge < -0.3 is 4.90 Å². The van der Waals surface area contributed by atoms with Crippen LogP contribution in [0.1, 0.15) is 23.9 Å². The van der Waals surface area contributed by atoms with E-state index >= 15 is 0 Å². The average Bonchev–Trinajstić information content (AvgIpc) is 2.63. The van der Waals surface area contributed by atoms with Crippen LogP contribution in [0.25, 0.3) is 0 Å². The standard InChI is InChI=1S/C18H17ClN6/c1-13-11-24(12-15-4-2-14(8-20)3-5-15)6-7-25(13)18-16(19)10-22-17(9-21)23-18/h2-5,10,13H,6-7,11-12H2,1H3. The quantitative estimate of drug-likeness (QED) is 0.844. The van der Waals surface area contributed by atoms with Gasteiger partial charge in [-0.15, -0.1) is 0 Å². The van der Waals surface area contributed by atoms with Gasteiger partial charge in [-0.05, 0) is 24.6 Å². The van der Waals surface area contributed by atoms with Crippen molar-refractivity contribution in [3.8, 4) is 12.1 Å². The van der Waals surface area contributed by atoms with Gasteiger partial charge in [0.15, 0.2) is 5.82 Å². The summed E-state index contributed by atoms with van der Waals surface area (Å²) in [5.41, 5.74) is 1.86. The van der Waals surface area contributed by atoms with Crippen molar-refractivity contribution >= 4 is 17.4 Å². The molecule has 1 fully saturated rings. The molecule has 6 nitrogen and oxygen atoms in total. The molecule has 2 aromatic rings. The van der Waals surface area contributed by atoms with E-state index in [9.17, 15) is 0 Å². The zero-order valence-electron chi connectivity index (χ0n) is 13.9. The summed E-state index contributed by atoms with van der Waals surface area (Å²) in [6.07, 6.45) is 1.48. The number of benzene rings is 1. The minimum atomic E-state index is 0.131. The fourth-order valence-electron chi connectivity index (χ4n) is 3.05. The first-order chi connectivity index (χ1) is 12.1. The maximum Gasteiger partial charge on any atom is 0.234 e. The lowest BCUT2D eigenvalue weighted by atomic mass is 10.1. The molecular formula is C18H17ClN6. The van der Waals surface area contributed by atoms with E-state index in [1.54, 1.807) is 0 Å². The van der Waals surface area contributed by atoms with E-state index in [0.717, 1.165) is 26.2 Å². The van der Waals surface area contributed by atoms with Crippen LogP contribution in [-0.2, 0) is 6.54 Å². The smallest absolute Gasteiger partial charge is 0.234 e. The first-order valence-corrected chi connectivity index (χ1v) is 8.39. The molecule has 1 aromatic heterocycles. The van der Waals surface area contributed by atoms with Crippen molar-refractivity contribution in [2.24, 2.45) is 0 Å². The van der Waals surface area contributed by atoms with Crippen LogP contribution in [0.5, 0.6) is 0 Å². The van der Waals surface area contributed by atoms with E-state index in [1.807, 2.05) is 30.3 Å². The molecule has 0 bridgehead atoms. The summed E-state index contributed by atoms with van der Waals surface area (Å²) in [7, 11) is 0. The van der Waals surface area contributed by atoms with Gasteiger partial charge >= 0.3 is 0 Å². The Labute approximate surface area is 151 Å². The summed E-state index contributed by atoms with van der Waals surface area (Å²) in [5, 5.41) is 18.3. The molecule has 0 amide bonds. The Hall–Kier alpha value is -2.67. The topological polar surface area (TPSA) is 79.8 Å². The maximum atomic E-state index is 9.00. The van der Waals surface area contributed by atoms with E-state index in [0.29, 0.717) is 16.4 Å². The first-order valence-electron chi connectivity index (χ1n) is 8.01. The summed E-state index contributed by atoms with van der Waals surface area (Å²) in [4.78, 5) is 12.7. The Morgan fingerprint density at radius 2 is 1.96 bits per heavy atom. The second kappa shape index (κ2) is 7.48. The highest BCUT2D eigenvalue weighted by Crippen LogP contribution is 2.26. The van der Waals surface area contributed by atoms with Crippen LogP contribution in [0.3, 0.4) is 0 Å². The summed E-state index contributed by atoms with van der Waals surface area (Å²) in [6.45, 7) is 5.47. The van der Waals surface area contributed by atoms with Crippen LogP contribution >= 0.6 is 11.6 Å². The summed E-state index contributed by atoms with van der Waals surface area (Å²) >= 11 is 6.23. The number of hydrogen-bond acceptors (Lipinski definition) is 6. The molecule has 0 spiro atoms. The van der Waals surface area contributed by atoms with E-state index < -0.39 is 0 Å². The Kier molecular flexibility index (Phi) is 5.14. The molecule has 1 atom stereocenters. The number of hydrogen-bond donors (Lipinski definition) is 0. The minimum Gasteiger partial charge on any atom is -0.350 e. The molecule has 0 saturated carbocycles. The van der Waals surface area contributed by atoms with Crippen molar-refractivity contribution < 1.29 is 0 Å². The molecule has 0 N–H and O–H groups in total. The molecular weight excluding hydrogens is 336 g/mol. The van der Waals surface area contributed by atoms with Gasteiger partial charge in [-0.2, -0.15) is 10.5 Å². The summed E-state index contributed by atoms with van der Waals surface area (Å²) < 4.78 is 0. The lowest BCUT2D eigenvalue weighted by Crippen LogP contribution is -2.52. The third kappa shape index (κ3) is 3.88. The van der Waals surface area contributed by atoms with Crippen molar-refractivity contribution in [3.05, 3.63) is 52.4 Å². The van der Waals surface area contributed by atoms with E-state index in [1.165, 1.54) is 11.8 Å². The molecule has 126 valence electrons. The number of nitriles is 2. The number of anilines is 1. The second-order valence-electron chi connectivity index (χ2n) is 6.06. The van der Waals surface area contributed by atoms with Crippen LogP contribution in [0.4, 0.5) is 5.82 Å². The largest absolute Gasteiger partial charge is 0.350 e. The van der Waals surface area contributed by atoms with Crippen LogP contribution in [0, 0.1) is 22.7 Å². The van der Waals surface area contributed by atoms with Gasteiger partial charge in [0.25, 0.3) is 0 Å². The number of rotatable bonds is 3. The van der Waals surface area contributed by atoms with Crippen molar-refractivity contribution in [2.45, 2.75) is 19.5 Å². The van der Waals surface area contributed by atoms with Gasteiger partial charge in [-0.25, -0.2) is 9.97 Å². The Bertz CT molecular complexity index is 836. The highest BCUT2D eigenvalue weighted by molar-refractivity contribution is 6.32. The minimum absolute atomic E-state index is 0.131. The Morgan fingerprint density at radius 1 is 1.20 bits per heavy atom. The van der Waals surface area contributed by atoms with E-state index in [-0.39, 0.29) is 11.9 Å². The van der Waals surface area contributed by atoms with Crippen LogP contribution in [-0.4, -0.2) is 40.5 Å². The van der Waals surface area contributed by atoms with Gasteiger partial charge in [0, 0.05) is 32.2 Å². The van der Waals surface area contributed by atoms with Crippen LogP contribution in [0.2, 0.25) is 5.02 Å². The van der Waals surface area contributed by atoms with Gasteiger partial charge in [0.1, 0.15) is 11.1 Å². The second-order valence-corrected chi connectivity index (χ2v) is 6.47. The first kappa shape index (κ1) is 17.2. The molecule has 1 unspecified atom stereocenters. The lowest BCUT2D eigenvalue weighted by molar-refractivity contribution is 0.220. The van der Waals surface area contributed by atoms with Gasteiger partial charge in [0.05, 0.1) is 17.8 Å². The maximum absolute atomic E-state index is 9.00. The molecule has 25 heavy (non-hydrogen) atoms. The number of nitrogens with zero attached hydrogens (tertiary/aromatic N) is 6. The van der Waals surface area contributed by atoms with Gasteiger partial charge in [0.2, 0.25) is 5.82 Å². The van der Waals surface area contributed by atoms with Gasteiger partial charge in [-0.3, -0.25) is 4.90 Å². The fraction of sp³-hybridized carbons (Fsp3) is 0.333. The van der Waals surface area contributed by atoms with Crippen molar-refractivity contribution in [1.29, 1.82) is 10.5 Å². The van der Waals surface area contributed by atoms with Crippen LogP contribution in [0.15, 0.2) is 30.5 Å². The molecule has 0 radical (unpaired) electrons. The molecule has 7 heteroatoms. The SMILES string of the molecule is CC1CN(Cc2ccc(C#N)cc2)CCN1c1nc(C#N)ncc1Cl. The highest BCUT2D eigenvalue weighted by atomic mass is 35.5. The molecule has 2 heterocycles. The third-order valence-electron chi connectivity index (χ3n) is 4.30. The molecule has 1 aliphatic rings. The van der Waals surface area contributed by atoms with Gasteiger partial charge in [-0.1, -0.05) is 23.7 Å². The fourth-order valence-corrected chi connectivity index (χ4v) is 3.25. The predicted molar refractivity (Wildman–Crippen MR) is 95.0 cm³/mol. The zero-order valence-corrected chi connectivity index (χ0v) is 14.6. The lowest BCUT2D eigenvalue weighted by Gasteiger charge is -2.40. The predicted octanol–water partition coefficient (Wildman–Crippen LogP) is 2.58. The molecule has 3 rings (SSSR count). The van der Waals surface area contributed by atoms with E-state index in [2.05, 4.69) is 32.8 Å². The average molecular weight is 353 g/mol. The van der Waals surface area contributed by atoms with Crippen molar-refractivity contribution in [1.82, 2.24) is 14.9 Å². The van der Waals surface area contributed by atoms with Crippen LogP contribution < -0.4 is 4.90 Å². The monoisotopic (exact) mass is 352 g/mol. The van der Waals surface area contributed by atoms with Crippen molar-refractivity contribution in [2.75, 3.05) is 24.5 Å². The zero-order chi connectivity index (χ0) is 17.8. The summed E-state index contributed by atoms with van der Waals surface area (Å²) in [5.74, 6) is 0.755. The molecule has 1 aromatic carbocycles. The molecule has 1 saturated heterocycles. The van der Waals surface area contributed by atoms with Crippen molar-refractivity contribution in [3.63, 3.8) is 0 Å².